The number of nitrogens with zero attached hydrogens (tertiary/aromatic N) is 1. The number of aromatic carboxylic acids is 1. The Morgan fingerprint density at radius 1 is 1.16 bits per heavy atom. The second-order valence-electron chi connectivity index (χ2n) is 6.67. The van der Waals surface area contributed by atoms with Crippen LogP contribution in [0.5, 0.6) is 0 Å². The van der Waals surface area contributed by atoms with Crippen molar-refractivity contribution in [2.24, 2.45) is 0 Å². The monoisotopic (exact) mass is 366 g/mol. The molecular formula is C17H22N2O5S. The molecule has 2 N–H and O–H groups in total. The summed E-state index contributed by atoms with van der Waals surface area (Å²) in [5.41, 5.74) is 0.801. The lowest BCUT2D eigenvalue weighted by Gasteiger charge is -2.31. The molecule has 1 aliphatic carbocycles. The van der Waals surface area contributed by atoms with E-state index in [4.69, 9.17) is 5.11 Å². The molecule has 1 aromatic rings. The number of amides is 1. The number of carboxylic acids is 1. The number of carbonyl (C=O) groups excluding carboxylic acids is 1. The van der Waals surface area contributed by atoms with Crippen LogP contribution in [0, 0.1) is 0 Å². The van der Waals surface area contributed by atoms with E-state index < -0.39 is 16.0 Å². The number of carbonyl (C=O) groups is 2. The largest absolute Gasteiger partial charge is 0.478 e. The van der Waals surface area contributed by atoms with Crippen molar-refractivity contribution < 1.29 is 23.1 Å². The van der Waals surface area contributed by atoms with Gasteiger partial charge in [0.05, 0.1) is 17.2 Å². The highest BCUT2D eigenvalue weighted by Crippen LogP contribution is 2.32. The Balaban J connectivity index is 1.49. The Kier molecular flexibility index (Phi) is 5.10. The van der Waals surface area contributed by atoms with Crippen LogP contribution in [0.1, 0.15) is 41.6 Å². The third kappa shape index (κ3) is 4.38. The van der Waals surface area contributed by atoms with Gasteiger partial charge in [0.1, 0.15) is 0 Å². The fraction of sp³-hybridized carbons (Fsp3) is 0.529. The zero-order valence-electron chi connectivity index (χ0n) is 13.8. The van der Waals surface area contributed by atoms with Crippen molar-refractivity contribution in [3.63, 3.8) is 0 Å². The van der Waals surface area contributed by atoms with Gasteiger partial charge in [-0.25, -0.2) is 17.5 Å². The number of sulfonamides is 1. The SMILES string of the molecule is O=C(Cc1cccc(C(=O)O)c1)NC1CCN(S(=O)(=O)C2CC2)CC1. The summed E-state index contributed by atoms with van der Waals surface area (Å²) in [6.45, 7) is 0.885. The summed E-state index contributed by atoms with van der Waals surface area (Å²) in [5.74, 6) is -1.20. The number of piperidine rings is 1. The molecule has 136 valence electrons. The van der Waals surface area contributed by atoms with Gasteiger partial charge < -0.3 is 10.4 Å². The Morgan fingerprint density at radius 3 is 2.44 bits per heavy atom. The molecule has 1 saturated heterocycles. The molecule has 0 unspecified atom stereocenters. The van der Waals surface area contributed by atoms with Crippen LogP contribution in [0.15, 0.2) is 24.3 Å². The summed E-state index contributed by atoms with van der Waals surface area (Å²) in [7, 11) is -3.14. The second kappa shape index (κ2) is 7.13. The Bertz CT molecular complexity index is 765. The zero-order valence-corrected chi connectivity index (χ0v) is 14.7. The number of nitrogens with one attached hydrogen (secondary N) is 1. The first-order chi connectivity index (χ1) is 11.9. The lowest BCUT2D eigenvalue weighted by Crippen LogP contribution is -2.47. The van der Waals surface area contributed by atoms with Crippen LogP contribution in [-0.4, -0.2) is 54.1 Å². The summed E-state index contributed by atoms with van der Waals surface area (Å²) >= 11 is 0. The standard InChI is InChI=1S/C17H22N2O5S/c20-16(11-12-2-1-3-13(10-12)17(21)22)18-14-6-8-19(9-7-14)25(23,24)15-4-5-15/h1-3,10,14-15H,4-9,11H2,(H,18,20)(H,21,22). The normalized spacial score (nSPS) is 19.5. The summed E-state index contributed by atoms with van der Waals surface area (Å²) in [4.78, 5) is 23.1. The first-order valence-electron chi connectivity index (χ1n) is 8.47. The minimum Gasteiger partial charge on any atom is -0.478 e. The average molecular weight is 366 g/mol. The number of rotatable bonds is 6. The van der Waals surface area contributed by atoms with Crippen LogP contribution in [0.25, 0.3) is 0 Å². The van der Waals surface area contributed by atoms with Gasteiger partial charge in [0.2, 0.25) is 15.9 Å². The molecule has 25 heavy (non-hydrogen) atoms. The average Bonchev–Trinajstić information content (AvgIpc) is 3.41. The Hall–Kier alpha value is -1.93. The maximum Gasteiger partial charge on any atom is 0.335 e. The molecule has 0 aromatic heterocycles. The quantitative estimate of drug-likeness (QED) is 0.782. The van der Waals surface area contributed by atoms with Gasteiger partial charge in [0.25, 0.3) is 0 Å². The first kappa shape index (κ1) is 17.9. The highest BCUT2D eigenvalue weighted by Gasteiger charge is 2.41. The van der Waals surface area contributed by atoms with Crippen molar-refractivity contribution in [3.8, 4) is 0 Å². The molecule has 1 amide bonds. The third-order valence-electron chi connectivity index (χ3n) is 4.66. The highest BCUT2D eigenvalue weighted by molar-refractivity contribution is 7.90. The summed E-state index contributed by atoms with van der Waals surface area (Å²) < 4.78 is 25.9. The first-order valence-corrected chi connectivity index (χ1v) is 9.97. The molecule has 1 aliphatic heterocycles. The molecule has 1 saturated carbocycles. The van der Waals surface area contributed by atoms with Gasteiger partial charge >= 0.3 is 5.97 Å². The third-order valence-corrected chi connectivity index (χ3v) is 7.06. The Labute approximate surface area is 147 Å². The molecule has 8 heteroatoms. The van der Waals surface area contributed by atoms with Crippen molar-refractivity contribution in [1.82, 2.24) is 9.62 Å². The van der Waals surface area contributed by atoms with Crippen LogP contribution >= 0.6 is 0 Å². The highest BCUT2D eigenvalue weighted by atomic mass is 32.2. The van der Waals surface area contributed by atoms with E-state index in [-0.39, 0.29) is 29.2 Å². The fourth-order valence-electron chi connectivity index (χ4n) is 3.11. The van der Waals surface area contributed by atoms with E-state index in [1.807, 2.05) is 0 Å². The molecule has 3 rings (SSSR count). The number of carboxylic acid groups (broad SMARTS) is 1. The number of benzene rings is 1. The van der Waals surface area contributed by atoms with Gasteiger partial charge in [0, 0.05) is 19.1 Å². The van der Waals surface area contributed by atoms with Crippen LogP contribution in [-0.2, 0) is 21.2 Å². The zero-order chi connectivity index (χ0) is 18.0. The van der Waals surface area contributed by atoms with Crippen LogP contribution in [0.4, 0.5) is 0 Å². The predicted molar refractivity (Wildman–Crippen MR) is 91.8 cm³/mol. The van der Waals surface area contributed by atoms with Crippen LogP contribution < -0.4 is 5.32 Å². The van der Waals surface area contributed by atoms with E-state index in [1.165, 1.54) is 12.1 Å². The van der Waals surface area contributed by atoms with Crippen molar-refractivity contribution >= 4 is 21.9 Å². The van der Waals surface area contributed by atoms with Gasteiger partial charge in [-0.05, 0) is 43.4 Å². The Morgan fingerprint density at radius 2 is 1.84 bits per heavy atom. The number of hydrogen-bond acceptors (Lipinski definition) is 4. The van der Waals surface area contributed by atoms with Gasteiger partial charge in [-0.1, -0.05) is 12.1 Å². The molecule has 1 aromatic carbocycles. The molecule has 0 radical (unpaired) electrons. The van der Waals surface area contributed by atoms with E-state index in [1.54, 1.807) is 16.4 Å². The molecule has 0 bridgehead atoms. The van der Waals surface area contributed by atoms with Crippen molar-refractivity contribution in [2.75, 3.05) is 13.1 Å². The minimum atomic E-state index is -3.14. The summed E-state index contributed by atoms with van der Waals surface area (Å²) in [6, 6.07) is 6.28. The molecular weight excluding hydrogens is 344 g/mol. The van der Waals surface area contributed by atoms with Crippen LogP contribution in [0.2, 0.25) is 0 Å². The maximum atomic E-state index is 12.2. The predicted octanol–water partition coefficient (Wildman–Crippen LogP) is 1.00. The van der Waals surface area contributed by atoms with Crippen molar-refractivity contribution in [1.29, 1.82) is 0 Å². The topological polar surface area (TPSA) is 104 Å². The maximum absolute atomic E-state index is 12.2. The molecule has 0 spiro atoms. The van der Waals surface area contributed by atoms with E-state index in [0.29, 0.717) is 31.5 Å². The summed E-state index contributed by atoms with van der Waals surface area (Å²) in [6.07, 6.45) is 2.84. The van der Waals surface area contributed by atoms with Crippen LogP contribution in [0.3, 0.4) is 0 Å². The van der Waals surface area contributed by atoms with Gasteiger partial charge in [-0.2, -0.15) is 0 Å². The molecule has 2 aliphatic rings. The smallest absolute Gasteiger partial charge is 0.335 e. The van der Waals surface area contributed by atoms with Gasteiger partial charge in [-0.3, -0.25) is 4.79 Å². The fourth-order valence-corrected chi connectivity index (χ4v) is 4.98. The minimum absolute atomic E-state index is 0.0409. The van der Waals surface area contributed by atoms with E-state index in [9.17, 15) is 18.0 Å². The second-order valence-corrected chi connectivity index (χ2v) is 8.88. The lowest BCUT2D eigenvalue weighted by molar-refractivity contribution is -0.121. The van der Waals surface area contributed by atoms with Gasteiger partial charge in [0.15, 0.2) is 0 Å². The van der Waals surface area contributed by atoms with Crippen molar-refractivity contribution in [2.45, 2.75) is 43.4 Å². The van der Waals surface area contributed by atoms with E-state index >= 15 is 0 Å². The van der Waals surface area contributed by atoms with Gasteiger partial charge in [-0.15, -0.1) is 0 Å². The molecule has 1 heterocycles. The lowest BCUT2D eigenvalue weighted by atomic mass is 10.0. The van der Waals surface area contributed by atoms with Crippen molar-refractivity contribution in [3.05, 3.63) is 35.4 Å². The van der Waals surface area contributed by atoms with E-state index in [2.05, 4.69) is 5.32 Å². The van der Waals surface area contributed by atoms with E-state index in [0.717, 1.165) is 12.8 Å². The molecule has 2 fully saturated rings. The number of hydrogen-bond donors (Lipinski definition) is 2. The molecule has 0 atom stereocenters. The summed E-state index contributed by atoms with van der Waals surface area (Å²) in [5, 5.41) is 11.7. The molecule has 7 nitrogen and oxygen atoms in total.